The minimum absolute atomic E-state index is 0.00131. The van der Waals surface area contributed by atoms with E-state index >= 15 is 0 Å². The number of nitrogens with zero attached hydrogens (tertiary/aromatic N) is 2. The molecule has 0 radical (unpaired) electrons. The van der Waals surface area contributed by atoms with Crippen LogP contribution in [0.4, 0.5) is 0 Å². The van der Waals surface area contributed by atoms with Crippen molar-refractivity contribution in [2.24, 2.45) is 10.9 Å². The van der Waals surface area contributed by atoms with Gasteiger partial charge in [0.1, 0.15) is 5.75 Å². The second-order valence-corrected chi connectivity index (χ2v) is 13.0. The van der Waals surface area contributed by atoms with Crippen LogP contribution in [0.2, 0.25) is 5.02 Å². The molecule has 49 heavy (non-hydrogen) atoms. The lowest BCUT2D eigenvalue weighted by Gasteiger charge is -2.12. The van der Waals surface area contributed by atoms with E-state index in [0.717, 1.165) is 63.3 Å². The number of rotatable bonds is 10. The van der Waals surface area contributed by atoms with Gasteiger partial charge in [0.25, 0.3) is 0 Å². The van der Waals surface area contributed by atoms with Crippen molar-refractivity contribution in [2.45, 2.75) is 61.3 Å². The Morgan fingerprint density at radius 3 is 2.16 bits per heavy atom. The van der Waals surface area contributed by atoms with E-state index in [2.05, 4.69) is 54.3 Å². The second kappa shape index (κ2) is 23.4. The molecule has 1 atom stereocenters. The predicted octanol–water partition coefficient (Wildman–Crippen LogP) is 9.81. The normalized spacial score (nSPS) is 11.0. The Labute approximate surface area is 303 Å². The van der Waals surface area contributed by atoms with E-state index in [4.69, 9.17) is 27.2 Å². The zero-order chi connectivity index (χ0) is 36.9. The van der Waals surface area contributed by atoms with Crippen LogP contribution in [0.1, 0.15) is 69.0 Å². The summed E-state index contributed by atoms with van der Waals surface area (Å²) in [7, 11) is 1.65. The number of hydrogen-bond donors (Lipinski definition) is 3. The number of aliphatic imine (C=N–C) groups is 1. The van der Waals surface area contributed by atoms with Gasteiger partial charge in [0.2, 0.25) is 5.91 Å². The summed E-state index contributed by atoms with van der Waals surface area (Å²) in [5, 5.41) is 19.3. The Hall–Kier alpha value is -4.01. The summed E-state index contributed by atoms with van der Waals surface area (Å²) in [6.07, 6.45) is 5.94. The number of aromatic nitrogens is 1. The first-order valence-corrected chi connectivity index (χ1v) is 18.3. The summed E-state index contributed by atoms with van der Waals surface area (Å²) in [6.45, 7) is 14.4. The highest BCUT2D eigenvalue weighted by Gasteiger charge is 2.11. The molecule has 0 aliphatic heterocycles. The van der Waals surface area contributed by atoms with Gasteiger partial charge >= 0.3 is 0 Å². The molecule has 0 aliphatic carbocycles. The summed E-state index contributed by atoms with van der Waals surface area (Å²) in [4.78, 5) is 19.9. The lowest BCUT2D eigenvalue weighted by Crippen LogP contribution is -2.22. The number of ether oxygens (including phenoxy) is 1. The number of nitrogens with one attached hydrogen (secondary N) is 3. The van der Waals surface area contributed by atoms with Crippen molar-refractivity contribution in [3.8, 4) is 5.75 Å². The van der Waals surface area contributed by atoms with E-state index in [-0.39, 0.29) is 5.91 Å². The summed E-state index contributed by atoms with van der Waals surface area (Å²) >= 11 is 7.72. The number of pyridine rings is 1. The fraction of sp³-hybridized carbons (Fsp3) is 0.375. The molecule has 4 aromatic rings. The largest absolute Gasteiger partial charge is 0.497 e. The molecule has 1 aromatic heterocycles. The number of methoxy groups -OCH3 is 1. The molecule has 0 saturated heterocycles. The number of carbonyl (C=O) groups is 1. The molecule has 0 bridgehead atoms. The number of thioether (sulfide) groups is 1. The van der Waals surface area contributed by atoms with E-state index in [1.54, 1.807) is 25.8 Å². The maximum Gasteiger partial charge on any atom is 0.216 e. The number of hydrogen-bond acceptors (Lipinski definition) is 7. The van der Waals surface area contributed by atoms with Gasteiger partial charge in [0, 0.05) is 58.5 Å². The summed E-state index contributed by atoms with van der Waals surface area (Å²) in [6, 6.07) is 23.8. The molecule has 4 rings (SSSR count). The fourth-order valence-electron chi connectivity index (χ4n) is 4.22. The number of fused-ring (bicyclic) bond motifs is 1. The standard InChI is InChI=1S/C18H19ClN2O.C14H16N2O.C6H13N.C2H6S/c1-12-4-9-16(22-3)10-17(12)18(21-11-13(2)20)14-5-7-15(19)8-6-14;1-10-3-6-14-12(9-10)4-5-13(16-14)7-8-15-11(2)17;1-4-5(2)6(3)7;1-3-2/h4-10,20H,11H2,1-3H3;3-6,9H,7-8H2,1-2H3,(H,15,17);5,7H,4H2,1-3H3;1-2H3. The molecule has 1 heterocycles. The molecule has 0 spiro atoms. The maximum atomic E-state index is 10.8. The summed E-state index contributed by atoms with van der Waals surface area (Å²) < 4.78 is 5.32. The van der Waals surface area contributed by atoms with Gasteiger partial charge in [-0.3, -0.25) is 14.8 Å². The molecule has 9 heteroatoms. The SMILES string of the molecule is CC(=O)NCCc1ccc2cc(C)ccc2n1.CCC(C)C(C)=N.COc1ccc(C)c(C(=NCC(C)=N)c2ccc(Cl)cc2)c1.CSC. The van der Waals surface area contributed by atoms with Gasteiger partial charge in [-0.05, 0) is 101 Å². The van der Waals surface area contributed by atoms with Gasteiger partial charge in [0.05, 0.1) is 24.9 Å². The summed E-state index contributed by atoms with van der Waals surface area (Å²) in [5.41, 5.74) is 8.51. The molecule has 7 nitrogen and oxygen atoms in total. The van der Waals surface area contributed by atoms with Crippen LogP contribution in [0.25, 0.3) is 10.9 Å². The molecule has 1 unspecified atom stereocenters. The third-order valence-corrected chi connectivity index (χ3v) is 7.55. The van der Waals surface area contributed by atoms with Crippen LogP contribution in [-0.4, -0.2) is 60.7 Å². The topological polar surface area (TPSA) is 111 Å². The molecule has 1 amide bonds. The van der Waals surface area contributed by atoms with Crippen molar-refractivity contribution in [1.29, 1.82) is 10.8 Å². The van der Waals surface area contributed by atoms with Crippen LogP contribution in [-0.2, 0) is 11.2 Å². The minimum Gasteiger partial charge on any atom is -0.497 e. The zero-order valence-corrected chi connectivity index (χ0v) is 32.4. The number of halogens is 1. The monoisotopic (exact) mass is 703 g/mol. The van der Waals surface area contributed by atoms with Crippen molar-refractivity contribution < 1.29 is 9.53 Å². The fourth-order valence-corrected chi connectivity index (χ4v) is 4.35. The quantitative estimate of drug-likeness (QED) is 0.143. The van der Waals surface area contributed by atoms with Crippen LogP contribution in [0.5, 0.6) is 5.75 Å². The highest BCUT2D eigenvalue weighted by Crippen LogP contribution is 2.22. The smallest absolute Gasteiger partial charge is 0.216 e. The van der Waals surface area contributed by atoms with Crippen LogP contribution < -0.4 is 10.1 Å². The van der Waals surface area contributed by atoms with Crippen molar-refractivity contribution in [3.05, 3.63) is 106 Å². The highest BCUT2D eigenvalue weighted by molar-refractivity contribution is 7.97. The van der Waals surface area contributed by atoms with E-state index < -0.39 is 0 Å². The van der Waals surface area contributed by atoms with E-state index in [0.29, 0.717) is 29.7 Å². The average Bonchev–Trinajstić information content (AvgIpc) is 3.06. The third-order valence-electron chi connectivity index (χ3n) is 7.30. The van der Waals surface area contributed by atoms with Gasteiger partial charge in [-0.25, -0.2) is 0 Å². The van der Waals surface area contributed by atoms with Crippen molar-refractivity contribution in [3.63, 3.8) is 0 Å². The lowest BCUT2D eigenvalue weighted by molar-refractivity contribution is -0.118. The Morgan fingerprint density at radius 1 is 0.980 bits per heavy atom. The molecule has 0 aliphatic rings. The molecule has 0 fully saturated rings. The molecule has 0 saturated carbocycles. The first kappa shape index (κ1) is 43.0. The van der Waals surface area contributed by atoms with E-state index in [1.807, 2.05) is 81.0 Å². The average molecular weight is 704 g/mol. The highest BCUT2D eigenvalue weighted by atomic mass is 35.5. The molecule has 3 aromatic carbocycles. The first-order chi connectivity index (χ1) is 23.3. The van der Waals surface area contributed by atoms with Crippen LogP contribution >= 0.6 is 23.4 Å². The van der Waals surface area contributed by atoms with Crippen molar-refractivity contribution >= 4 is 57.3 Å². The lowest BCUT2D eigenvalue weighted by atomic mass is 9.97. The molecular weight excluding hydrogens is 650 g/mol. The number of aryl methyl sites for hydroxylation is 2. The van der Waals surface area contributed by atoms with Gasteiger partial charge in [-0.2, -0.15) is 11.8 Å². The minimum atomic E-state index is 0.00131. The van der Waals surface area contributed by atoms with Crippen LogP contribution in [0.3, 0.4) is 0 Å². The van der Waals surface area contributed by atoms with Gasteiger partial charge in [0.15, 0.2) is 0 Å². The first-order valence-electron chi connectivity index (χ1n) is 16.3. The van der Waals surface area contributed by atoms with E-state index in [9.17, 15) is 4.79 Å². The molecule has 264 valence electrons. The Bertz CT molecular complexity index is 1670. The third kappa shape index (κ3) is 16.8. The van der Waals surface area contributed by atoms with Crippen molar-refractivity contribution in [1.82, 2.24) is 10.3 Å². The molecular formula is C40H54ClN5O2S. The number of amides is 1. The number of benzene rings is 3. The zero-order valence-electron chi connectivity index (χ0n) is 30.8. The van der Waals surface area contributed by atoms with Gasteiger partial charge < -0.3 is 20.9 Å². The summed E-state index contributed by atoms with van der Waals surface area (Å²) in [5.74, 6) is 1.27. The van der Waals surface area contributed by atoms with Crippen LogP contribution in [0, 0.1) is 30.6 Å². The molecule has 3 N–H and O–H groups in total. The Kier molecular flexibility index (Phi) is 20.5. The Balaban J connectivity index is 0.000000392. The maximum absolute atomic E-state index is 10.8. The van der Waals surface area contributed by atoms with Crippen molar-refractivity contribution in [2.75, 3.05) is 32.7 Å². The van der Waals surface area contributed by atoms with Gasteiger partial charge in [-0.1, -0.05) is 61.3 Å². The predicted molar refractivity (Wildman–Crippen MR) is 214 cm³/mol. The number of carbonyl (C=O) groups excluding carboxylic acids is 1. The Morgan fingerprint density at radius 2 is 1.63 bits per heavy atom. The van der Waals surface area contributed by atoms with Crippen LogP contribution in [0.15, 0.2) is 77.8 Å². The second-order valence-electron chi connectivity index (χ2n) is 11.8. The van der Waals surface area contributed by atoms with Gasteiger partial charge in [-0.15, -0.1) is 0 Å². The van der Waals surface area contributed by atoms with E-state index in [1.165, 1.54) is 12.5 Å².